The Morgan fingerprint density at radius 1 is 1.02 bits per heavy atom. The highest BCUT2D eigenvalue weighted by Gasteiger charge is 2.32. The van der Waals surface area contributed by atoms with Gasteiger partial charge in [-0.3, -0.25) is 14.5 Å². The summed E-state index contributed by atoms with van der Waals surface area (Å²) < 4.78 is 50.5. The number of nitrogens with zero attached hydrogens (tertiary/aromatic N) is 1. The summed E-state index contributed by atoms with van der Waals surface area (Å²) in [6, 6.07) is 19.2. The number of carbonyl (C=O) groups is 2. The third-order valence-corrected chi connectivity index (χ3v) is 7.12. The second-order valence-electron chi connectivity index (χ2n) is 8.62. The van der Waals surface area contributed by atoms with Gasteiger partial charge in [-0.1, -0.05) is 66.4 Å². The molecule has 3 aromatic carbocycles. The van der Waals surface area contributed by atoms with E-state index in [-0.39, 0.29) is 17.3 Å². The Labute approximate surface area is 239 Å². The molecule has 0 bridgehead atoms. The fourth-order valence-electron chi connectivity index (χ4n) is 3.85. The highest BCUT2D eigenvalue weighted by atomic mass is 32.2. The minimum Gasteiger partial charge on any atom is -0.490 e. The maximum atomic E-state index is 13.0. The van der Waals surface area contributed by atoms with Gasteiger partial charge in [0.15, 0.2) is 18.1 Å². The van der Waals surface area contributed by atoms with E-state index in [0.717, 1.165) is 17.7 Å². The van der Waals surface area contributed by atoms with Gasteiger partial charge >= 0.3 is 6.18 Å². The van der Waals surface area contributed by atoms with Crippen LogP contribution in [-0.2, 0) is 22.2 Å². The Kier molecular flexibility index (Phi) is 9.49. The second kappa shape index (κ2) is 13.0. The first-order chi connectivity index (χ1) is 19.1. The summed E-state index contributed by atoms with van der Waals surface area (Å²) in [6.45, 7) is 2.13. The van der Waals surface area contributed by atoms with Crippen molar-refractivity contribution in [3.05, 3.63) is 94.4 Å². The third kappa shape index (κ3) is 7.64. The quantitative estimate of drug-likeness (QED) is 0.214. The molecule has 1 N–H and O–H groups in total. The summed E-state index contributed by atoms with van der Waals surface area (Å²) in [5, 5.41) is 2.40. The molecule has 0 saturated carbocycles. The summed E-state index contributed by atoms with van der Waals surface area (Å²) in [5.74, 6) is -0.184. The minimum absolute atomic E-state index is 0.00452. The van der Waals surface area contributed by atoms with Gasteiger partial charge < -0.3 is 14.8 Å². The predicted octanol–water partition coefficient (Wildman–Crippen LogP) is 6.57. The van der Waals surface area contributed by atoms with E-state index in [4.69, 9.17) is 21.7 Å². The van der Waals surface area contributed by atoms with Crippen molar-refractivity contribution in [3.8, 4) is 11.5 Å². The van der Waals surface area contributed by atoms with Gasteiger partial charge in [0.05, 0.1) is 17.1 Å². The van der Waals surface area contributed by atoms with Crippen LogP contribution in [0.25, 0.3) is 6.08 Å². The number of hydrogen-bond donors (Lipinski definition) is 1. The van der Waals surface area contributed by atoms with Crippen molar-refractivity contribution in [3.63, 3.8) is 0 Å². The summed E-state index contributed by atoms with van der Waals surface area (Å²) in [4.78, 5) is 27.4. The molecule has 3 aromatic rings. The molecular weight excluding hydrogens is 561 g/mol. The number of rotatable bonds is 10. The van der Waals surface area contributed by atoms with Gasteiger partial charge in [0.2, 0.25) is 0 Å². The number of anilines is 1. The predicted molar refractivity (Wildman–Crippen MR) is 153 cm³/mol. The van der Waals surface area contributed by atoms with E-state index in [1.165, 1.54) is 23.9 Å². The van der Waals surface area contributed by atoms with E-state index in [2.05, 4.69) is 5.32 Å². The van der Waals surface area contributed by atoms with Crippen molar-refractivity contribution in [1.82, 2.24) is 4.90 Å². The molecule has 0 aliphatic carbocycles. The van der Waals surface area contributed by atoms with Crippen molar-refractivity contribution < 1.29 is 32.2 Å². The number of ether oxygens (including phenoxy) is 2. The first-order valence-electron chi connectivity index (χ1n) is 12.3. The molecule has 208 valence electrons. The number of hydrogen-bond acceptors (Lipinski definition) is 6. The van der Waals surface area contributed by atoms with Crippen LogP contribution in [0.2, 0.25) is 0 Å². The van der Waals surface area contributed by atoms with Crippen LogP contribution in [-0.4, -0.2) is 40.8 Å². The third-order valence-electron chi connectivity index (χ3n) is 5.74. The number of benzene rings is 3. The maximum absolute atomic E-state index is 13.0. The lowest BCUT2D eigenvalue weighted by atomic mass is 10.1. The molecule has 0 unspecified atom stereocenters. The fraction of sp³-hybridized carbons (Fsp3) is 0.207. The van der Waals surface area contributed by atoms with Crippen LogP contribution in [0.15, 0.2) is 77.7 Å². The lowest BCUT2D eigenvalue weighted by Gasteiger charge is -2.14. The van der Waals surface area contributed by atoms with Crippen molar-refractivity contribution in [2.75, 3.05) is 25.1 Å². The monoisotopic (exact) mass is 586 g/mol. The zero-order valence-electron chi connectivity index (χ0n) is 21.4. The van der Waals surface area contributed by atoms with Crippen LogP contribution in [0.3, 0.4) is 0 Å². The number of halogens is 3. The molecule has 0 radical (unpaired) electrons. The van der Waals surface area contributed by atoms with Crippen molar-refractivity contribution in [1.29, 1.82) is 0 Å². The summed E-state index contributed by atoms with van der Waals surface area (Å²) in [6.07, 6.45) is -2.12. The highest BCUT2D eigenvalue weighted by Crippen LogP contribution is 2.35. The van der Waals surface area contributed by atoms with E-state index in [1.807, 2.05) is 30.3 Å². The van der Waals surface area contributed by atoms with Gasteiger partial charge in [0.25, 0.3) is 11.8 Å². The van der Waals surface area contributed by atoms with Crippen LogP contribution in [0.5, 0.6) is 11.5 Å². The average molecular weight is 587 g/mol. The van der Waals surface area contributed by atoms with Crippen molar-refractivity contribution in [2.45, 2.75) is 19.5 Å². The number of thiocarbonyl (C=S) groups is 1. The van der Waals surface area contributed by atoms with Gasteiger partial charge in [-0.15, -0.1) is 0 Å². The second-order valence-corrected chi connectivity index (χ2v) is 10.3. The van der Waals surface area contributed by atoms with E-state index in [1.54, 1.807) is 36.1 Å². The lowest BCUT2D eigenvalue weighted by Crippen LogP contribution is -2.30. The van der Waals surface area contributed by atoms with Crippen LogP contribution in [0, 0.1) is 0 Å². The molecule has 2 amide bonds. The summed E-state index contributed by atoms with van der Waals surface area (Å²) in [5.41, 5.74) is 0.923. The molecule has 4 rings (SSSR count). The van der Waals surface area contributed by atoms with Crippen molar-refractivity contribution >= 4 is 51.9 Å². The molecule has 0 atom stereocenters. The van der Waals surface area contributed by atoms with Crippen molar-refractivity contribution in [2.24, 2.45) is 0 Å². The number of amides is 2. The molecular formula is C29H25F3N2O4S2. The van der Waals surface area contributed by atoms with Crippen LogP contribution < -0.4 is 14.8 Å². The van der Waals surface area contributed by atoms with Gasteiger partial charge in [0.1, 0.15) is 4.32 Å². The van der Waals surface area contributed by atoms with Gasteiger partial charge in [-0.05, 0) is 60.9 Å². The molecule has 0 spiro atoms. The maximum Gasteiger partial charge on any atom is 0.416 e. The smallest absolute Gasteiger partial charge is 0.416 e. The molecule has 1 heterocycles. The van der Waals surface area contributed by atoms with Gasteiger partial charge in [-0.2, -0.15) is 13.2 Å². The first kappa shape index (κ1) is 29.2. The molecule has 1 fully saturated rings. The Morgan fingerprint density at radius 2 is 1.80 bits per heavy atom. The largest absolute Gasteiger partial charge is 0.490 e. The first-order valence-corrected chi connectivity index (χ1v) is 13.5. The van der Waals surface area contributed by atoms with E-state index in [0.29, 0.717) is 40.1 Å². The van der Waals surface area contributed by atoms with E-state index < -0.39 is 24.3 Å². The van der Waals surface area contributed by atoms with Crippen LogP contribution in [0.4, 0.5) is 18.9 Å². The SMILES string of the molecule is CCOc1cc(/C=C2\SC(=S)N(CCc3ccccc3)C2=O)ccc1OCC(=O)Nc1cccc(C(F)(F)F)c1. The fourth-order valence-corrected chi connectivity index (χ4v) is 5.15. The van der Waals surface area contributed by atoms with Gasteiger partial charge in [-0.25, -0.2) is 0 Å². The Bertz CT molecular complexity index is 1430. The Hall–Kier alpha value is -3.83. The van der Waals surface area contributed by atoms with Crippen LogP contribution in [0.1, 0.15) is 23.6 Å². The highest BCUT2D eigenvalue weighted by molar-refractivity contribution is 8.26. The van der Waals surface area contributed by atoms with Gasteiger partial charge in [0, 0.05) is 12.2 Å². The Balaban J connectivity index is 1.40. The molecule has 11 heteroatoms. The molecule has 1 saturated heterocycles. The number of carbonyl (C=O) groups excluding carboxylic acids is 2. The average Bonchev–Trinajstić information content (AvgIpc) is 3.19. The molecule has 1 aliphatic heterocycles. The standard InChI is InChI=1S/C29H25F3N2O4S2/c1-2-37-24-15-20(16-25-27(36)34(28(39)40-25)14-13-19-7-4-3-5-8-19)11-12-23(24)38-18-26(35)33-22-10-6-9-21(17-22)29(30,31)32/h3-12,15-17H,2,13-14,18H2,1H3,(H,33,35)/b25-16-. The number of alkyl halides is 3. The molecule has 1 aliphatic rings. The molecule has 6 nitrogen and oxygen atoms in total. The lowest BCUT2D eigenvalue weighted by molar-refractivity contribution is -0.137. The van der Waals surface area contributed by atoms with E-state index in [9.17, 15) is 22.8 Å². The molecule has 40 heavy (non-hydrogen) atoms. The van der Waals surface area contributed by atoms with E-state index >= 15 is 0 Å². The number of thioether (sulfide) groups is 1. The normalized spacial score (nSPS) is 14.5. The van der Waals surface area contributed by atoms with Crippen LogP contribution >= 0.6 is 24.0 Å². The zero-order valence-corrected chi connectivity index (χ0v) is 23.0. The zero-order chi connectivity index (χ0) is 28.7. The molecule has 0 aromatic heterocycles. The minimum atomic E-state index is -4.52. The topological polar surface area (TPSA) is 67.9 Å². The summed E-state index contributed by atoms with van der Waals surface area (Å²) in [7, 11) is 0. The summed E-state index contributed by atoms with van der Waals surface area (Å²) >= 11 is 6.66. The Morgan fingerprint density at radius 3 is 2.52 bits per heavy atom. The number of nitrogens with one attached hydrogen (secondary N) is 1.